The summed E-state index contributed by atoms with van der Waals surface area (Å²) >= 11 is 1.39. The van der Waals surface area contributed by atoms with E-state index in [0.717, 1.165) is 11.4 Å². The lowest BCUT2D eigenvalue weighted by Gasteiger charge is -2.30. The SMILES string of the molecule is CCN(CC1CCC1)S(=O)(=O)c1ccc(CNC(C)C)s1. The molecule has 21 heavy (non-hydrogen) atoms. The first-order valence-electron chi connectivity index (χ1n) is 7.75. The quantitative estimate of drug-likeness (QED) is 0.797. The highest BCUT2D eigenvalue weighted by Gasteiger charge is 2.29. The molecule has 0 atom stereocenters. The number of rotatable bonds is 8. The first-order valence-corrected chi connectivity index (χ1v) is 10.0. The standard InChI is InChI=1S/C15H26N2O2S2/c1-4-17(11-13-6-5-7-13)21(18,19)15-9-8-14(20-15)10-16-12(2)3/h8-9,12-13,16H,4-7,10-11H2,1-3H3. The average Bonchev–Trinajstić information content (AvgIpc) is 2.84. The van der Waals surface area contributed by atoms with Gasteiger partial charge >= 0.3 is 0 Å². The molecule has 0 saturated heterocycles. The third-order valence-electron chi connectivity index (χ3n) is 3.95. The summed E-state index contributed by atoms with van der Waals surface area (Å²) in [7, 11) is -3.32. The molecule has 1 aromatic heterocycles. The predicted octanol–water partition coefficient (Wildman–Crippen LogP) is 3.06. The second-order valence-electron chi connectivity index (χ2n) is 6.01. The van der Waals surface area contributed by atoms with E-state index in [1.54, 1.807) is 10.4 Å². The Labute approximate surface area is 132 Å². The fraction of sp³-hybridized carbons (Fsp3) is 0.733. The Morgan fingerprint density at radius 1 is 1.38 bits per heavy atom. The zero-order chi connectivity index (χ0) is 15.5. The van der Waals surface area contributed by atoms with Crippen molar-refractivity contribution in [3.63, 3.8) is 0 Å². The van der Waals surface area contributed by atoms with Gasteiger partial charge in [0.15, 0.2) is 0 Å². The Bertz CT molecular complexity index is 548. The Hall–Kier alpha value is -0.430. The van der Waals surface area contributed by atoms with Crippen molar-refractivity contribution in [3.8, 4) is 0 Å². The predicted molar refractivity (Wildman–Crippen MR) is 88.1 cm³/mol. The van der Waals surface area contributed by atoms with Crippen molar-refractivity contribution in [2.45, 2.75) is 56.8 Å². The van der Waals surface area contributed by atoms with E-state index in [2.05, 4.69) is 19.2 Å². The first-order chi connectivity index (χ1) is 9.93. The van der Waals surface area contributed by atoms with Crippen molar-refractivity contribution in [3.05, 3.63) is 17.0 Å². The van der Waals surface area contributed by atoms with Crippen molar-refractivity contribution in [2.75, 3.05) is 13.1 Å². The molecule has 1 N–H and O–H groups in total. The Kier molecular flexibility index (Phi) is 5.82. The lowest BCUT2D eigenvalue weighted by molar-refractivity contribution is 0.250. The van der Waals surface area contributed by atoms with Gasteiger partial charge in [-0.15, -0.1) is 11.3 Å². The molecule has 120 valence electrons. The van der Waals surface area contributed by atoms with Crippen molar-refractivity contribution >= 4 is 21.4 Å². The molecule has 0 bridgehead atoms. The van der Waals surface area contributed by atoms with Gasteiger partial charge in [-0.3, -0.25) is 0 Å². The summed E-state index contributed by atoms with van der Waals surface area (Å²) in [4.78, 5) is 1.07. The molecule has 0 unspecified atom stereocenters. The molecule has 1 aromatic rings. The second-order valence-corrected chi connectivity index (χ2v) is 9.34. The maximum atomic E-state index is 12.7. The van der Waals surface area contributed by atoms with E-state index in [9.17, 15) is 8.42 Å². The summed E-state index contributed by atoms with van der Waals surface area (Å²) in [6.07, 6.45) is 3.58. The third kappa shape index (κ3) is 4.28. The summed E-state index contributed by atoms with van der Waals surface area (Å²) in [5, 5.41) is 3.32. The van der Waals surface area contributed by atoms with Crippen LogP contribution in [0.2, 0.25) is 0 Å². The van der Waals surface area contributed by atoms with E-state index in [1.165, 1.54) is 30.6 Å². The van der Waals surface area contributed by atoms with Gasteiger partial charge in [-0.2, -0.15) is 4.31 Å². The molecule has 0 aliphatic heterocycles. The third-order valence-corrected chi connectivity index (χ3v) is 7.45. The molecule has 0 radical (unpaired) electrons. The number of hydrogen-bond donors (Lipinski definition) is 1. The Morgan fingerprint density at radius 2 is 2.10 bits per heavy atom. The smallest absolute Gasteiger partial charge is 0.252 e. The molecule has 2 rings (SSSR count). The van der Waals surface area contributed by atoms with E-state index < -0.39 is 10.0 Å². The molecule has 1 aliphatic rings. The summed E-state index contributed by atoms with van der Waals surface area (Å²) in [5.74, 6) is 0.557. The van der Waals surface area contributed by atoms with Crippen LogP contribution in [0.4, 0.5) is 0 Å². The average molecular weight is 331 g/mol. The summed E-state index contributed by atoms with van der Waals surface area (Å²) in [5.41, 5.74) is 0. The molecule has 0 spiro atoms. The van der Waals surface area contributed by atoms with Crippen LogP contribution in [0.25, 0.3) is 0 Å². The van der Waals surface area contributed by atoms with Gasteiger partial charge < -0.3 is 5.32 Å². The van der Waals surface area contributed by atoms with Gasteiger partial charge in [-0.05, 0) is 30.9 Å². The highest BCUT2D eigenvalue weighted by atomic mass is 32.2. The van der Waals surface area contributed by atoms with E-state index in [1.807, 2.05) is 13.0 Å². The maximum absolute atomic E-state index is 12.7. The van der Waals surface area contributed by atoms with E-state index >= 15 is 0 Å². The number of nitrogens with zero attached hydrogens (tertiary/aromatic N) is 1. The highest BCUT2D eigenvalue weighted by Crippen LogP contribution is 2.30. The second kappa shape index (κ2) is 7.22. The zero-order valence-electron chi connectivity index (χ0n) is 13.1. The molecule has 1 heterocycles. The minimum absolute atomic E-state index is 0.401. The lowest BCUT2D eigenvalue weighted by Crippen LogP contribution is -2.36. The van der Waals surface area contributed by atoms with Gasteiger partial charge in [0.25, 0.3) is 10.0 Å². The molecule has 4 nitrogen and oxygen atoms in total. The number of sulfonamides is 1. The molecule has 1 fully saturated rings. The number of nitrogens with one attached hydrogen (secondary N) is 1. The van der Waals surface area contributed by atoms with Gasteiger partial charge in [0.1, 0.15) is 4.21 Å². The van der Waals surface area contributed by atoms with Crippen LogP contribution in [-0.4, -0.2) is 31.9 Å². The van der Waals surface area contributed by atoms with Crippen LogP contribution in [0.1, 0.15) is 44.9 Å². The molecule has 1 aliphatic carbocycles. The molecule has 0 amide bonds. The van der Waals surface area contributed by atoms with Gasteiger partial charge in [0.2, 0.25) is 0 Å². The monoisotopic (exact) mass is 330 g/mol. The van der Waals surface area contributed by atoms with E-state index in [4.69, 9.17) is 0 Å². The van der Waals surface area contributed by atoms with Crippen LogP contribution in [0.5, 0.6) is 0 Å². The van der Waals surface area contributed by atoms with Crippen LogP contribution in [0.15, 0.2) is 16.3 Å². The Balaban J connectivity index is 2.06. The maximum Gasteiger partial charge on any atom is 0.252 e. The van der Waals surface area contributed by atoms with Crippen LogP contribution < -0.4 is 5.32 Å². The minimum atomic E-state index is -3.32. The highest BCUT2D eigenvalue weighted by molar-refractivity contribution is 7.91. The lowest BCUT2D eigenvalue weighted by atomic mass is 9.85. The van der Waals surface area contributed by atoms with Gasteiger partial charge in [-0.25, -0.2) is 8.42 Å². The topological polar surface area (TPSA) is 49.4 Å². The van der Waals surface area contributed by atoms with E-state index in [-0.39, 0.29) is 0 Å². The minimum Gasteiger partial charge on any atom is -0.310 e. The van der Waals surface area contributed by atoms with Crippen LogP contribution in [0.3, 0.4) is 0 Å². The van der Waals surface area contributed by atoms with Crippen molar-refractivity contribution in [2.24, 2.45) is 5.92 Å². The molecular weight excluding hydrogens is 304 g/mol. The van der Waals surface area contributed by atoms with Crippen LogP contribution in [-0.2, 0) is 16.6 Å². The van der Waals surface area contributed by atoms with Gasteiger partial charge in [0, 0.05) is 30.6 Å². The summed E-state index contributed by atoms with van der Waals surface area (Å²) in [6.45, 7) is 8.05. The van der Waals surface area contributed by atoms with Gasteiger partial charge in [-0.1, -0.05) is 27.2 Å². The normalized spacial score (nSPS) is 16.6. The molecule has 6 heteroatoms. The van der Waals surface area contributed by atoms with Crippen LogP contribution >= 0.6 is 11.3 Å². The zero-order valence-corrected chi connectivity index (χ0v) is 14.8. The molecular formula is C15H26N2O2S2. The van der Waals surface area contributed by atoms with Crippen molar-refractivity contribution < 1.29 is 8.42 Å². The molecule has 0 aromatic carbocycles. The molecule has 1 saturated carbocycles. The number of hydrogen-bond acceptors (Lipinski definition) is 4. The summed E-state index contributed by atoms with van der Waals surface area (Å²) in [6, 6.07) is 4.07. The van der Waals surface area contributed by atoms with Crippen molar-refractivity contribution in [1.82, 2.24) is 9.62 Å². The largest absolute Gasteiger partial charge is 0.310 e. The Morgan fingerprint density at radius 3 is 2.62 bits per heavy atom. The van der Waals surface area contributed by atoms with Crippen molar-refractivity contribution in [1.29, 1.82) is 0 Å². The fourth-order valence-electron chi connectivity index (χ4n) is 2.38. The van der Waals surface area contributed by atoms with Crippen LogP contribution in [0, 0.1) is 5.92 Å². The fourth-order valence-corrected chi connectivity index (χ4v) is 5.37. The van der Waals surface area contributed by atoms with Gasteiger partial charge in [0.05, 0.1) is 0 Å². The first kappa shape index (κ1) is 16.9. The summed E-state index contributed by atoms with van der Waals surface area (Å²) < 4.78 is 27.5. The van der Waals surface area contributed by atoms with E-state index in [0.29, 0.717) is 29.3 Å². The number of thiophene rings is 1.